The number of anilines is 1. The molecular weight excluding hydrogens is 306 g/mol. The average molecular weight is 333 g/mol. The van der Waals surface area contributed by atoms with Crippen LogP contribution in [0.5, 0.6) is 0 Å². The van der Waals surface area contributed by atoms with Crippen LogP contribution in [0.3, 0.4) is 0 Å². The van der Waals surface area contributed by atoms with Crippen LogP contribution in [0.25, 0.3) is 0 Å². The molecule has 1 saturated carbocycles. The molecule has 0 aliphatic heterocycles. The van der Waals surface area contributed by atoms with Crippen LogP contribution in [0.4, 0.5) is 5.69 Å². The summed E-state index contributed by atoms with van der Waals surface area (Å²) >= 11 is 0. The molecule has 2 N–H and O–H groups in total. The SMILES string of the molecule is CC(C)(C)C(=O)COC(=O)c1ccccc1NC1CCC(O)CC1. The van der Waals surface area contributed by atoms with Crippen molar-refractivity contribution in [3.05, 3.63) is 29.8 Å². The molecule has 1 aliphatic rings. The van der Waals surface area contributed by atoms with E-state index in [9.17, 15) is 14.7 Å². The molecule has 1 aliphatic carbocycles. The van der Waals surface area contributed by atoms with E-state index >= 15 is 0 Å². The van der Waals surface area contributed by atoms with E-state index in [1.54, 1.807) is 32.9 Å². The Kier molecular flexibility index (Phi) is 5.99. The summed E-state index contributed by atoms with van der Waals surface area (Å²) in [6, 6.07) is 7.41. The lowest BCUT2D eigenvalue weighted by molar-refractivity contribution is -0.129. The molecule has 5 heteroatoms. The van der Waals surface area contributed by atoms with E-state index < -0.39 is 11.4 Å². The second-order valence-corrected chi connectivity index (χ2v) is 7.44. The van der Waals surface area contributed by atoms with Gasteiger partial charge in [-0.1, -0.05) is 32.9 Å². The molecule has 2 rings (SSSR count). The fraction of sp³-hybridized carbons (Fsp3) is 0.579. The highest BCUT2D eigenvalue weighted by Crippen LogP contribution is 2.25. The van der Waals surface area contributed by atoms with Gasteiger partial charge in [0.1, 0.15) is 0 Å². The first-order valence-electron chi connectivity index (χ1n) is 8.51. The monoisotopic (exact) mass is 333 g/mol. The quantitative estimate of drug-likeness (QED) is 0.810. The molecular formula is C19H27NO4. The number of ether oxygens (including phenoxy) is 1. The molecule has 1 fully saturated rings. The van der Waals surface area contributed by atoms with Crippen molar-refractivity contribution in [1.82, 2.24) is 0 Å². The van der Waals surface area contributed by atoms with Crippen molar-refractivity contribution in [1.29, 1.82) is 0 Å². The Morgan fingerprint density at radius 2 is 1.79 bits per heavy atom. The number of nitrogens with one attached hydrogen (secondary N) is 1. The zero-order valence-corrected chi connectivity index (χ0v) is 14.7. The summed E-state index contributed by atoms with van der Waals surface area (Å²) in [7, 11) is 0. The van der Waals surface area contributed by atoms with Gasteiger partial charge in [-0.3, -0.25) is 4.79 Å². The van der Waals surface area contributed by atoms with Crippen LogP contribution in [0.1, 0.15) is 56.8 Å². The van der Waals surface area contributed by atoms with Crippen molar-refractivity contribution in [3.63, 3.8) is 0 Å². The van der Waals surface area contributed by atoms with E-state index in [4.69, 9.17) is 4.74 Å². The van der Waals surface area contributed by atoms with E-state index in [1.807, 2.05) is 12.1 Å². The third-order valence-electron chi connectivity index (χ3n) is 4.37. The van der Waals surface area contributed by atoms with Crippen molar-refractivity contribution >= 4 is 17.4 Å². The van der Waals surface area contributed by atoms with Gasteiger partial charge in [-0.05, 0) is 37.8 Å². The largest absolute Gasteiger partial charge is 0.454 e. The Balaban J connectivity index is 2.00. The highest BCUT2D eigenvalue weighted by atomic mass is 16.5. The summed E-state index contributed by atoms with van der Waals surface area (Å²) in [5, 5.41) is 13.0. The number of para-hydroxylation sites is 1. The molecule has 1 aromatic rings. The summed E-state index contributed by atoms with van der Waals surface area (Å²) in [6.45, 7) is 5.19. The lowest BCUT2D eigenvalue weighted by Crippen LogP contribution is -2.29. The Morgan fingerprint density at radius 1 is 1.17 bits per heavy atom. The second-order valence-electron chi connectivity index (χ2n) is 7.44. The summed E-state index contributed by atoms with van der Waals surface area (Å²) < 4.78 is 5.19. The molecule has 5 nitrogen and oxygen atoms in total. The number of ketones is 1. The van der Waals surface area contributed by atoms with Gasteiger partial charge in [0, 0.05) is 17.1 Å². The van der Waals surface area contributed by atoms with Gasteiger partial charge in [-0.15, -0.1) is 0 Å². The first-order valence-corrected chi connectivity index (χ1v) is 8.51. The molecule has 24 heavy (non-hydrogen) atoms. The lowest BCUT2D eigenvalue weighted by Gasteiger charge is -2.27. The van der Waals surface area contributed by atoms with Gasteiger partial charge < -0.3 is 15.2 Å². The summed E-state index contributed by atoms with van der Waals surface area (Å²) in [5.74, 6) is -0.603. The van der Waals surface area contributed by atoms with Gasteiger partial charge in [0.15, 0.2) is 12.4 Å². The Bertz CT molecular complexity index is 583. The minimum absolute atomic E-state index is 0.109. The highest BCUT2D eigenvalue weighted by Gasteiger charge is 2.24. The minimum Gasteiger partial charge on any atom is -0.454 e. The van der Waals surface area contributed by atoms with Crippen molar-refractivity contribution < 1.29 is 19.4 Å². The second kappa shape index (κ2) is 7.79. The molecule has 0 saturated heterocycles. The van der Waals surface area contributed by atoms with E-state index in [1.165, 1.54) is 0 Å². The average Bonchev–Trinajstić information content (AvgIpc) is 2.54. The van der Waals surface area contributed by atoms with Gasteiger partial charge in [-0.25, -0.2) is 4.79 Å². The molecule has 1 aromatic carbocycles. The van der Waals surface area contributed by atoms with Gasteiger partial charge in [0.2, 0.25) is 0 Å². The number of aliphatic hydroxyl groups excluding tert-OH is 1. The number of Topliss-reactive ketones (excluding diaryl/α,β-unsaturated/α-hetero) is 1. The van der Waals surface area contributed by atoms with Crippen LogP contribution in [0, 0.1) is 5.41 Å². The number of rotatable bonds is 5. The molecule has 0 spiro atoms. The predicted octanol–water partition coefficient (Wildman–Crippen LogP) is 3.17. The van der Waals surface area contributed by atoms with E-state index in [0.29, 0.717) is 11.3 Å². The van der Waals surface area contributed by atoms with Crippen molar-refractivity contribution in [2.45, 2.75) is 58.6 Å². The number of carbonyl (C=O) groups excluding carboxylic acids is 2. The predicted molar refractivity (Wildman–Crippen MR) is 93.1 cm³/mol. The number of aliphatic hydroxyl groups is 1. The zero-order chi connectivity index (χ0) is 17.7. The fourth-order valence-corrected chi connectivity index (χ4v) is 2.65. The van der Waals surface area contributed by atoms with Crippen LogP contribution >= 0.6 is 0 Å². The van der Waals surface area contributed by atoms with Crippen LogP contribution in [-0.2, 0) is 9.53 Å². The molecule has 132 valence electrons. The molecule has 0 amide bonds. The van der Waals surface area contributed by atoms with Gasteiger partial charge in [0.05, 0.1) is 11.7 Å². The maximum atomic E-state index is 12.3. The van der Waals surface area contributed by atoms with E-state index in [2.05, 4.69) is 5.32 Å². The van der Waals surface area contributed by atoms with Crippen LogP contribution in [-0.4, -0.2) is 35.6 Å². The van der Waals surface area contributed by atoms with E-state index in [-0.39, 0.29) is 24.5 Å². The maximum Gasteiger partial charge on any atom is 0.340 e. The van der Waals surface area contributed by atoms with Crippen molar-refractivity contribution in [2.24, 2.45) is 5.41 Å². The standard InChI is InChI=1S/C19H27NO4/c1-19(2,3)17(22)12-24-18(23)15-6-4-5-7-16(15)20-13-8-10-14(21)11-9-13/h4-7,13-14,20-21H,8-12H2,1-3H3. The van der Waals surface area contributed by atoms with Gasteiger partial charge in [0.25, 0.3) is 0 Å². The molecule has 0 unspecified atom stereocenters. The molecule has 0 bridgehead atoms. The zero-order valence-electron chi connectivity index (χ0n) is 14.7. The molecule has 0 radical (unpaired) electrons. The number of benzene rings is 1. The topological polar surface area (TPSA) is 75.6 Å². The Morgan fingerprint density at radius 3 is 2.42 bits per heavy atom. The van der Waals surface area contributed by atoms with Crippen molar-refractivity contribution in [3.8, 4) is 0 Å². The third-order valence-corrected chi connectivity index (χ3v) is 4.37. The van der Waals surface area contributed by atoms with E-state index in [0.717, 1.165) is 25.7 Å². The fourth-order valence-electron chi connectivity index (χ4n) is 2.65. The minimum atomic E-state index is -0.527. The first kappa shape index (κ1) is 18.5. The number of esters is 1. The Labute approximate surface area is 143 Å². The van der Waals surface area contributed by atoms with Crippen LogP contribution in [0.15, 0.2) is 24.3 Å². The van der Waals surface area contributed by atoms with Crippen LogP contribution < -0.4 is 5.32 Å². The number of hydrogen-bond donors (Lipinski definition) is 2. The Hall–Kier alpha value is -1.88. The summed E-state index contributed by atoms with van der Waals surface area (Å²) in [5.41, 5.74) is 0.624. The lowest BCUT2D eigenvalue weighted by atomic mass is 9.91. The normalized spacial score (nSPS) is 21.2. The van der Waals surface area contributed by atoms with Gasteiger partial charge >= 0.3 is 5.97 Å². The number of carbonyl (C=O) groups is 2. The smallest absolute Gasteiger partial charge is 0.340 e. The molecule has 0 aromatic heterocycles. The number of hydrogen-bond acceptors (Lipinski definition) is 5. The third kappa shape index (κ3) is 5.06. The van der Waals surface area contributed by atoms with Crippen LogP contribution in [0.2, 0.25) is 0 Å². The summed E-state index contributed by atoms with van der Waals surface area (Å²) in [6.07, 6.45) is 3.06. The maximum absolute atomic E-state index is 12.3. The summed E-state index contributed by atoms with van der Waals surface area (Å²) in [4.78, 5) is 24.3. The highest BCUT2D eigenvalue weighted by molar-refractivity contribution is 5.97. The molecule has 0 heterocycles. The molecule has 0 atom stereocenters. The van der Waals surface area contributed by atoms with Gasteiger partial charge in [-0.2, -0.15) is 0 Å². The first-order chi connectivity index (χ1) is 11.3. The van der Waals surface area contributed by atoms with Crippen molar-refractivity contribution in [2.75, 3.05) is 11.9 Å².